The molecular weight excluding hydrogens is 174 g/mol. The van der Waals surface area contributed by atoms with Gasteiger partial charge in [-0.2, -0.15) is 0 Å². The van der Waals surface area contributed by atoms with Crippen LogP contribution in [0.3, 0.4) is 0 Å². The quantitative estimate of drug-likeness (QED) is 0.479. The van der Waals surface area contributed by atoms with E-state index in [1.54, 1.807) is 0 Å². The highest BCUT2D eigenvalue weighted by Crippen LogP contribution is 2.21. The molecule has 0 aliphatic rings. The second-order valence-electron chi connectivity index (χ2n) is 4.61. The van der Waals surface area contributed by atoms with E-state index in [1.165, 1.54) is 0 Å². The van der Waals surface area contributed by atoms with Gasteiger partial charge in [0.1, 0.15) is 0 Å². The van der Waals surface area contributed by atoms with Crippen LogP contribution in [0.25, 0.3) is 0 Å². The molecule has 0 amide bonds. The third-order valence-corrected chi connectivity index (χ3v) is 2.34. The van der Waals surface area contributed by atoms with Crippen molar-refractivity contribution in [3.05, 3.63) is 12.7 Å². The first kappa shape index (κ1) is 13.7. The van der Waals surface area contributed by atoms with Crippen LogP contribution >= 0.6 is 0 Å². The zero-order chi connectivity index (χ0) is 11.0. The molecule has 1 unspecified atom stereocenters. The van der Waals surface area contributed by atoms with Crippen molar-refractivity contribution in [3.63, 3.8) is 0 Å². The molecule has 0 aromatic carbocycles. The normalized spacial score (nSPS) is 15.5. The summed E-state index contributed by atoms with van der Waals surface area (Å²) in [5.41, 5.74) is 0.158. The molecule has 0 heterocycles. The van der Waals surface area contributed by atoms with E-state index < -0.39 is 0 Å². The van der Waals surface area contributed by atoms with Gasteiger partial charge in [0.2, 0.25) is 0 Å². The molecule has 2 nitrogen and oxygen atoms in total. The summed E-state index contributed by atoms with van der Waals surface area (Å²) in [7, 11) is 1.97. The third-order valence-electron chi connectivity index (χ3n) is 2.34. The van der Waals surface area contributed by atoms with Crippen LogP contribution in [0.1, 0.15) is 27.2 Å². The predicted molar refractivity (Wildman–Crippen MR) is 62.5 cm³/mol. The Hall–Kier alpha value is -0.340. The van der Waals surface area contributed by atoms with E-state index in [2.05, 4.69) is 32.7 Å². The molecule has 1 atom stereocenters. The summed E-state index contributed by atoms with van der Waals surface area (Å²) in [5.74, 6) is 0.620. The number of ether oxygens (including phenoxy) is 1. The molecule has 0 aliphatic carbocycles. The molecule has 0 aromatic heterocycles. The molecule has 0 saturated heterocycles. The molecule has 0 aromatic rings. The molecule has 0 fully saturated rings. The van der Waals surface area contributed by atoms with Gasteiger partial charge in [0.15, 0.2) is 0 Å². The SMILES string of the molecule is C=CC(C)(CCOCC(C)C)CNC. The van der Waals surface area contributed by atoms with Crippen LogP contribution in [0.15, 0.2) is 12.7 Å². The Morgan fingerprint density at radius 2 is 2.14 bits per heavy atom. The molecule has 0 spiro atoms. The van der Waals surface area contributed by atoms with E-state index in [-0.39, 0.29) is 5.41 Å². The lowest BCUT2D eigenvalue weighted by Crippen LogP contribution is -2.29. The molecule has 0 saturated carbocycles. The highest BCUT2D eigenvalue weighted by atomic mass is 16.5. The average molecular weight is 199 g/mol. The van der Waals surface area contributed by atoms with Gasteiger partial charge in [-0.1, -0.05) is 26.8 Å². The van der Waals surface area contributed by atoms with E-state index in [0.29, 0.717) is 5.92 Å². The molecule has 1 N–H and O–H groups in total. The van der Waals surface area contributed by atoms with Crippen LogP contribution in [0, 0.1) is 11.3 Å². The van der Waals surface area contributed by atoms with Crippen molar-refractivity contribution in [2.24, 2.45) is 11.3 Å². The Morgan fingerprint density at radius 1 is 1.50 bits per heavy atom. The molecule has 2 heteroatoms. The van der Waals surface area contributed by atoms with E-state index in [0.717, 1.165) is 26.2 Å². The summed E-state index contributed by atoms with van der Waals surface area (Å²) in [6.45, 7) is 13.0. The maximum Gasteiger partial charge on any atom is 0.0488 e. The Morgan fingerprint density at radius 3 is 2.57 bits per heavy atom. The lowest BCUT2D eigenvalue weighted by atomic mass is 9.87. The van der Waals surface area contributed by atoms with Crippen molar-refractivity contribution < 1.29 is 4.74 Å². The largest absolute Gasteiger partial charge is 0.381 e. The van der Waals surface area contributed by atoms with Gasteiger partial charge in [0.25, 0.3) is 0 Å². The number of hydrogen-bond donors (Lipinski definition) is 1. The highest BCUT2D eigenvalue weighted by molar-refractivity contribution is 4.92. The van der Waals surface area contributed by atoms with Gasteiger partial charge in [-0.05, 0) is 24.8 Å². The third kappa shape index (κ3) is 6.17. The fourth-order valence-corrected chi connectivity index (χ4v) is 1.29. The maximum absolute atomic E-state index is 5.56. The van der Waals surface area contributed by atoms with Gasteiger partial charge in [-0.3, -0.25) is 0 Å². The first-order chi connectivity index (χ1) is 6.54. The molecule has 84 valence electrons. The van der Waals surface area contributed by atoms with Gasteiger partial charge in [0, 0.05) is 19.8 Å². The van der Waals surface area contributed by atoms with Gasteiger partial charge >= 0.3 is 0 Å². The van der Waals surface area contributed by atoms with Crippen LogP contribution < -0.4 is 5.32 Å². The molecule has 0 aliphatic heterocycles. The van der Waals surface area contributed by atoms with Crippen molar-refractivity contribution in [1.29, 1.82) is 0 Å². The molecule has 0 bridgehead atoms. The van der Waals surface area contributed by atoms with Crippen molar-refractivity contribution in [2.45, 2.75) is 27.2 Å². The molecule has 14 heavy (non-hydrogen) atoms. The number of rotatable bonds is 8. The van der Waals surface area contributed by atoms with Gasteiger partial charge in [-0.25, -0.2) is 0 Å². The minimum absolute atomic E-state index is 0.158. The highest BCUT2D eigenvalue weighted by Gasteiger charge is 2.18. The maximum atomic E-state index is 5.56. The molecule has 0 radical (unpaired) electrons. The van der Waals surface area contributed by atoms with Crippen molar-refractivity contribution >= 4 is 0 Å². The van der Waals surface area contributed by atoms with E-state index in [1.807, 2.05) is 13.1 Å². The van der Waals surface area contributed by atoms with Crippen LogP contribution in [0.2, 0.25) is 0 Å². The lowest BCUT2D eigenvalue weighted by molar-refractivity contribution is 0.0901. The van der Waals surface area contributed by atoms with Crippen LogP contribution in [0.4, 0.5) is 0 Å². The number of nitrogens with one attached hydrogen (secondary N) is 1. The Balaban J connectivity index is 3.67. The Labute approximate surface area is 88.7 Å². The Kier molecular flexibility index (Phi) is 6.85. The first-order valence-electron chi connectivity index (χ1n) is 5.40. The van der Waals surface area contributed by atoms with Gasteiger partial charge in [-0.15, -0.1) is 6.58 Å². The predicted octanol–water partition coefficient (Wildman–Crippen LogP) is 2.46. The monoisotopic (exact) mass is 199 g/mol. The average Bonchev–Trinajstić information content (AvgIpc) is 2.13. The van der Waals surface area contributed by atoms with Crippen molar-refractivity contribution in [1.82, 2.24) is 5.32 Å². The first-order valence-corrected chi connectivity index (χ1v) is 5.40. The number of hydrogen-bond acceptors (Lipinski definition) is 2. The summed E-state index contributed by atoms with van der Waals surface area (Å²) in [4.78, 5) is 0. The second kappa shape index (κ2) is 7.02. The van der Waals surface area contributed by atoms with Gasteiger partial charge < -0.3 is 10.1 Å². The van der Waals surface area contributed by atoms with Crippen LogP contribution in [-0.2, 0) is 4.74 Å². The lowest BCUT2D eigenvalue weighted by Gasteiger charge is -2.25. The van der Waals surface area contributed by atoms with Gasteiger partial charge in [0.05, 0.1) is 0 Å². The second-order valence-corrected chi connectivity index (χ2v) is 4.61. The fourth-order valence-electron chi connectivity index (χ4n) is 1.29. The summed E-state index contributed by atoms with van der Waals surface area (Å²) in [6, 6.07) is 0. The summed E-state index contributed by atoms with van der Waals surface area (Å²) in [6.07, 6.45) is 3.05. The minimum Gasteiger partial charge on any atom is -0.381 e. The van der Waals surface area contributed by atoms with E-state index >= 15 is 0 Å². The van der Waals surface area contributed by atoms with E-state index in [9.17, 15) is 0 Å². The summed E-state index contributed by atoms with van der Waals surface area (Å²) < 4.78 is 5.56. The van der Waals surface area contributed by atoms with Crippen LogP contribution in [-0.4, -0.2) is 26.8 Å². The zero-order valence-corrected chi connectivity index (χ0v) is 10.1. The van der Waals surface area contributed by atoms with E-state index in [4.69, 9.17) is 4.74 Å². The standard InChI is InChI=1S/C12H25NO/c1-6-12(4,10-13-5)7-8-14-9-11(2)3/h6,11,13H,1,7-10H2,2-5H3. The van der Waals surface area contributed by atoms with Crippen molar-refractivity contribution in [3.8, 4) is 0 Å². The molecular formula is C12H25NO. The summed E-state index contributed by atoms with van der Waals surface area (Å²) >= 11 is 0. The molecule has 0 rings (SSSR count). The minimum atomic E-state index is 0.158. The zero-order valence-electron chi connectivity index (χ0n) is 10.1. The smallest absolute Gasteiger partial charge is 0.0488 e. The van der Waals surface area contributed by atoms with Crippen LogP contribution in [0.5, 0.6) is 0 Å². The fraction of sp³-hybridized carbons (Fsp3) is 0.833. The summed E-state index contributed by atoms with van der Waals surface area (Å²) in [5, 5.41) is 3.18. The van der Waals surface area contributed by atoms with Crippen molar-refractivity contribution in [2.75, 3.05) is 26.8 Å². The Bertz CT molecular complexity index is 156. The topological polar surface area (TPSA) is 21.3 Å².